The first-order chi connectivity index (χ1) is 11.7. The number of allylic oxidation sites excluding steroid dienone is 5. The summed E-state index contributed by atoms with van der Waals surface area (Å²) in [4.78, 5) is 0. The number of benzene rings is 1. The second kappa shape index (κ2) is 6.79. The van der Waals surface area contributed by atoms with Crippen LogP contribution in [0.15, 0.2) is 65.1 Å². The molecule has 3 rings (SSSR count). The Bertz CT molecular complexity index is 972. The highest BCUT2D eigenvalue weighted by molar-refractivity contribution is 6.10. The Morgan fingerprint density at radius 3 is 2.71 bits per heavy atom. The molecule has 24 heavy (non-hydrogen) atoms. The first-order valence-corrected chi connectivity index (χ1v) is 8.26. The molecule has 0 atom stereocenters. The van der Waals surface area contributed by atoms with E-state index in [1.165, 1.54) is 5.57 Å². The van der Waals surface area contributed by atoms with E-state index in [1.807, 2.05) is 43.4 Å². The predicted octanol–water partition coefficient (Wildman–Crippen LogP) is 6.59. The van der Waals surface area contributed by atoms with Crippen LogP contribution >= 0.6 is 0 Å². The lowest BCUT2D eigenvalue weighted by Gasteiger charge is -2.05. The zero-order valence-electron chi connectivity index (χ0n) is 14.5. The molecule has 2 heteroatoms. The van der Waals surface area contributed by atoms with Gasteiger partial charge in [0, 0.05) is 17.5 Å². The van der Waals surface area contributed by atoms with Crippen molar-refractivity contribution in [1.82, 2.24) is 4.57 Å². The van der Waals surface area contributed by atoms with Gasteiger partial charge in [-0.05, 0) is 32.9 Å². The molecule has 0 saturated carbocycles. The van der Waals surface area contributed by atoms with Crippen LogP contribution in [0.4, 0.5) is 0 Å². The average Bonchev–Trinajstić information content (AvgIpc) is 3.06. The largest absolute Gasteiger partial charge is 0.439 e. The molecule has 0 unspecified atom stereocenters. The predicted molar refractivity (Wildman–Crippen MR) is 105 cm³/mol. The minimum absolute atomic E-state index is 0.758. The van der Waals surface area contributed by atoms with Gasteiger partial charge in [-0.3, -0.25) is 0 Å². The number of rotatable bonds is 5. The summed E-state index contributed by atoms with van der Waals surface area (Å²) in [6, 6.07) is 8.18. The topological polar surface area (TPSA) is 18.1 Å². The van der Waals surface area contributed by atoms with Crippen LogP contribution in [0.25, 0.3) is 34.2 Å². The van der Waals surface area contributed by atoms with Crippen molar-refractivity contribution in [3.63, 3.8) is 0 Å². The Morgan fingerprint density at radius 2 is 2.00 bits per heavy atom. The van der Waals surface area contributed by atoms with Crippen molar-refractivity contribution in [3.05, 3.63) is 72.0 Å². The number of fused-ring (bicyclic) bond motifs is 3. The molecule has 0 spiro atoms. The lowest BCUT2D eigenvalue weighted by molar-refractivity contribution is 0.618. The zero-order chi connectivity index (χ0) is 17.1. The van der Waals surface area contributed by atoms with Gasteiger partial charge in [0.25, 0.3) is 0 Å². The van der Waals surface area contributed by atoms with Crippen molar-refractivity contribution in [2.75, 3.05) is 0 Å². The van der Waals surface area contributed by atoms with Crippen LogP contribution in [0.3, 0.4) is 0 Å². The van der Waals surface area contributed by atoms with Gasteiger partial charge in [0.05, 0.1) is 11.1 Å². The quantitative estimate of drug-likeness (QED) is 0.486. The van der Waals surface area contributed by atoms with E-state index >= 15 is 0 Å². The van der Waals surface area contributed by atoms with E-state index in [9.17, 15) is 0 Å². The molecule has 0 amide bonds. The fourth-order valence-electron chi connectivity index (χ4n) is 3.04. The Balaban J connectivity index is 2.32. The van der Waals surface area contributed by atoms with Crippen LogP contribution in [0.5, 0.6) is 0 Å². The minimum atomic E-state index is 0.758. The standard InChI is InChI=1S/C22H23NO/c1-5-7-8-11-14-23-19(15-16(3)4)17(6-2)21-18-12-9-10-13-20(18)24-22(21)23/h5-13,15H,2,14H2,1,3-4H3/b7-5-,11-8-. The average molecular weight is 317 g/mol. The molecule has 0 fully saturated rings. The number of hydrogen-bond donors (Lipinski definition) is 0. The zero-order valence-corrected chi connectivity index (χ0v) is 14.5. The van der Waals surface area contributed by atoms with E-state index in [4.69, 9.17) is 4.42 Å². The second-order valence-corrected chi connectivity index (χ2v) is 6.07. The molecule has 0 N–H and O–H groups in total. The fourth-order valence-corrected chi connectivity index (χ4v) is 3.04. The van der Waals surface area contributed by atoms with Gasteiger partial charge in [0.2, 0.25) is 5.71 Å². The summed E-state index contributed by atoms with van der Waals surface area (Å²) in [6.45, 7) is 11.0. The Morgan fingerprint density at radius 1 is 1.21 bits per heavy atom. The van der Waals surface area contributed by atoms with Gasteiger partial charge in [-0.2, -0.15) is 0 Å². The molecular formula is C22H23NO. The molecule has 0 aliphatic heterocycles. The number of furan rings is 1. The smallest absolute Gasteiger partial charge is 0.209 e. The van der Waals surface area contributed by atoms with Gasteiger partial charge in [0.1, 0.15) is 5.58 Å². The van der Waals surface area contributed by atoms with E-state index in [0.29, 0.717) is 0 Å². The van der Waals surface area contributed by atoms with E-state index in [0.717, 1.165) is 39.9 Å². The highest BCUT2D eigenvalue weighted by Crippen LogP contribution is 2.37. The van der Waals surface area contributed by atoms with Crippen molar-refractivity contribution in [3.8, 4) is 0 Å². The maximum Gasteiger partial charge on any atom is 0.209 e. The highest BCUT2D eigenvalue weighted by atomic mass is 16.3. The molecule has 0 aliphatic rings. The third kappa shape index (κ3) is 2.76. The molecule has 0 aliphatic carbocycles. The molecule has 0 bridgehead atoms. The molecule has 0 saturated heterocycles. The van der Waals surface area contributed by atoms with Crippen LogP contribution < -0.4 is 0 Å². The van der Waals surface area contributed by atoms with Crippen LogP contribution in [-0.2, 0) is 6.54 Å². The number of para-hydroxylation sites is 1. The van der Waals surface area contributed by atoms with Crippen molar-refractivity contribution in [2.45, 2.75) is 27.3 Å². The van der Waals surface area contributed by atoms with Crippen LogP contribution in [0.1, 0.15) is 32.0 Å². The molecule has 2 nitrogen and oxygen atoms in total. The van der Waals surface area contributed by atoms with Crippen LogP contribution in [0.2, 0.25) is 0 Å². The van der Waals surface area contributed by atoms with Gasteiger partial charge in [0.15, 0.2) is 0 Å². The van der Waals surface area contributed by atoms with E-state index < -0.39 is 0 Å². The molecule has 1 aromatic carbocycles. The molecule has 0 radical (unpaired) electrons. The molecule has 2 heterocycles. The summed E-state index contributed by atoms with van der Waals surface area (Å²) in [5.74, 6) is 0. The fraction of sp³-hybridized carbons (Fsp3) is 0.182. The monoisotopic (exact) mass is 317 g/mol. The summed E-state index contributed by atoms with van der Waals surface area (Å²) in [5, 5.41) is 2.29. The normalized spacial score (nSPS) is 12.0. The first-order valence-electron chi connectivity index (χ1n) is 8.26. The lowest BCUT2D eigenvalue weighted by Crippen LogP contribution is -1.98. The molecule has 122 valence electrons. The van der Waals surface area contributed by atoms with E-state index in [-0.39, 0.29) is 0 Å². The maximum absolute atomic E-state index is 6.18. The van der Waals surface area contributed by atoms with Crippen LogP contribution in [0, 0.1) is 0 Å². The van der Waals surface area contributed by atoms with Gasteiger partial charge in [-0.25, -0.2) is 0 Å². The Hall–Kier alpha value is -2.74. The van der Waals surface area contributed by atoms with Gasteiger partial charge >= 0.3 is 0 Å². The summed E-state index contributed by atoms with van der Waals surface area (Å²) in [5.41, 5.74) is 5.36. The SMILES string of the molecule is C=Cc1c(C=C(C)C)n(C/C=C\C=C/C)c2oc3ccccc3c12. The Kier molecular flexibility index (Phi) is 4.57. The third-order valence-electron chi connectivity index (χ3n) is 4.02. The summed E-state index contributed by atoms with van der Waals surface area (Å²) >= 11 is 0. The first kappa shape index (κ1) is 16.1. The number of aromatic nitrogens is 1. The Labute approximate surface area is 143 Å². The van der Waals surface area contributed by atoms with E-state index in [2.05, 4.69) is 49.3 Å². The molecule has 2 aromatic heterocycles. The van der Waals surface area contributed by atoms with Gasteiger partial charge < -0.3 is 8.98 Å². The summed E-state index contributed by atoms with van der Waals surface area (Å²) in [7, 11) is 0. The maximum atomic E-state index is 6.18. The van der Waals surface area contributed by atoms with Crippen molar-refractivity contribution in [2.24, 2.45) is 0 Å². The number of nitrogens with zero attached hydrogens (tertiary/aromatic N) is 1. The highest BCUT2D eigenvalue weighted by Gasteiger charge is 2.19. The van der Waals surface area contributed by atoms with Gasteiger partial charge in [-0.1, -0.05) is 60.7 Å². The van der Waals surface area contributed by atoms with Crippen molar-refractivity contribution >= 4 is 34.2 Å². The lowest BCUT2D eigenvalue weighted by atomic mass is 10.1. The van der Waals surface area contributed by atoms with E-state index in [1.54, 1.807) is 0 Å². The summed E-state index contributed by atoms with van der Waals surface area (Å²) < 4.78 is 8.40. The third-order valence-corrected chi connectivity index (χ3v) is 4.02. The summed E-state index contributed by atoms with van der Waals surface area (Å²) in [6.07, 6.45) is 12.4. The molecular weight excluding hydrogens is 294 g/mol. The van der Waals surface area contributed by atoms with Crippen molar-refractivity contribution in [1.29, 1.82) is 0 Å². The minimum Gasteiger partial charge on any atom is -0.439 e. The van der Waals surface area contributed by atoms with Crippen molar-refractivity contribution < 1.29 is 4.42 Å². The van der Waals surface area contributed by atoms with Crippen LogP contribution in [-0.4, -0.2) is 4.57 Å². The second-order valence-electron chi connectivity index (χ2n) is 6.07. The molecule has 3 aromatic rings. The number of hydrogen-bond acceptors (Lipinski definition) is 1. The van der Waals surface area contributed by atoms with Gasteiger partial charge in [-0.15, -0.1) is 0 Å².